The number of rotatable bonds is 16. The van der Waals surface area contributed by atoms with Crippen LogP contribution in [0.3, 0.4) is 0 Å². The quantitative estimate of drug-likeness (QED) is 0.0509. The Kier molecular flexibility index (Phi) is 12.8. The van der Waals surface area contributed by atoms with E-state index in [1.807, 2.05) is 76.2 Å². The number of esters is 2. The van der Waals surface area contributed by atoms with Crippen molar-refractivity contribution in [1.29, 1.82) is 0 Å². The van der Waals surface area contributed by atoms with Crippen molar-refractivity contribution in [1.82, 2.24) is 0 Å². The maximum absolute atomic E-state index is 13.5. The van der Waals surface area contributed by atoms with Gasteiger partial charge in [-0.3, -0.25) is 4.79 Å². The highest BCUT2D eigenvalue weighted by atomic mass is 16.6. The summed E-state index contributed by atoms with van der Waals surface area (Å²) < 4.78 is 27.3. The van der Waals surface area contributed by atoms with Crippen LogP contribution in [-0.4, -0.2) is 51.8 Å². The SMILES string of the molecule is COC(=O)c1ccc(-c2ccc(OCCOC(=O)C=Cc3ccc(C(=O)C(C)(C)CCCOc4cc(C)ccc4C)c(OC)c3)cc2)cc1. The number of ether oxygens (including phenoxy) is 5. The highest BCUT2D eigenvalue weighted by molar-refractivity contribution is 6.02. The van der Waals surface area contributed by atoms with Gasteiger partial charge in [0.15, 0.2) is 5.78 Å². The monoisotopic (exact) mass is 664 g/mol. The highest BCUT2D eigenvalue weighted by Crippen LogP contribution is 2.33. The van der Waals surface area contributed by atoms with Gasteiger partial charge in [-0.1, -0.05) is 56.3 Å². The second kappa shape index (κ2) is 17.2. The largest absolute Gasteiger partial charge is 0.496 e. The first-order valence-corrected chi connectivity index (χ1v) is 16.2. The van der Waals surface area contributed by atoms with Gasteiger partial charge in [0.2, 0.25) is 0 Å². The maximum Gasteiger partial charge on any atom is 0.337 e. The average molecular weight is 665 g/mol. The summed E-state index contributed by atoms with van der Waals surface area (Å²) in [6, 6.07) is 26.0. The number of Topliss-reactive ketones (excluding diaryl/α,β-unsaturated/α-hetero) is 1. The Morgan fingerprint density at radius 3 is 2.10 bits per heavy atom. The lowest BCUT2D eigenvalue weighted by Crippen LogP contribution is -2.25. The van der Waals surface area contributed by atoms with Crippen LogP contribution in [-0.2, 0) is 14.3 Å². The molecule has 0 atom stereocenters. The Bertz CT molecular complexity index is 1770. The van der Waals surface area contributed by atoms with Gasteiger partial charge in [0.1, 0.15) is 30.5 Å². The Morgan fingerprint density at radius 1 is 0.735 bits per heavy atom. The predicted octanol–water partition coefficient (Wildman–Crippen LogP) is 8.47. The van der Waals surface area contributed by atoms with Gasteiger partial charge in [0, 0.05) is 11.5 Å². The van der Waals surface area contributed by atoms with Gasteiger partial charge in [0.05, 0.1) is 32.0 Å². The Morgan fingerprint density at radius 2 is 1.43 bits per heavy atom. The number of carbonyl (C=O) groups excluding carboxylic acids is 3. The van der Waals surface area contributed by atoms with Crippen LogP contribution in [0.5, 0.6) is 17.2 Å². The molecule has 0 aliphatic carbocycles. The smallest absolute Gasteiger partial charge is 0.337 e. The Balaban J connectivity index is 1.22. The van der Waals surface area contributed by atoms with Crippen LogP contribution in [0.2, 0.25) is 0 Å². The number of ketones is 1. The van der Waals surface area contributed by atoms with E-state index in [4.69, 9.17) is 23.7 Å². The molecule has 49 heavy (non-hydrogen) atoms. The standard InChI is InChI=1S/C41H44O8/c1-28-8-9-29(2)36(26-28)48-23-7-22-41(3,4)39(43)35-20-10-30(27-37(35)45-5)11-21-38(42)49-25-24-47-34-18-16-32(17-19-34)31-12-14-33(15-13-31)40(44)46-6/h8-21,26-27H,7,22-25H2,1-6H3. The summed E-state index contributed by atoms with van der Waals surface area (Å²) >= 11 is 0. The van der Waals surface area contributed by atoms with Crippen molar-refractivity contribution in [2.75, 3.05) is 34.0 Å². The zero-order valence-corrected chi connectivity index (χ0v) is 29.0. The molecule has 4 rings (SSSR count). The van der Waals surface area contributed by atoms with E-state index >= 15 is 0 Å². The van der Waals surface area contributed by atoms with Gasteiger partial charge in [-0.25, -0.2) is 9.59 Å². The van der Waals surface area contributed by atoms with Crippen LogP contribution in [0.4, 0.5) is 0 Å². The molecule has 0 bridgehead atoms. The third-order valence-electron chi connectivity index (χ3n) is 8.13. The first-order chi connectivity index (χ1) is 23.5. The summed E-state index contributed by atoms with van der Waals surface area (Å²) in [7, 11) is 2.88. The summed E-state index contributed by atoms with van der Waals surface area (Å²) in [5, 5.41) is 0. The van der Waals surface area contributed by atoms with E-state index in [1.54, 1.807) is 36.4 Å². The molecular formula is C41H44O8. The van der Waals surface area contributed by atoms with Crippen molar-refractivity contribution < 1.29 is 38.1 Å². The summed E-state index contributed by atoms with van der Waals surface area (Å²) in [5.41, 5.74) is 5.20. The molecule has 0 radical (unpaired) electrons. The van der Waals surface area contributed by atoms with Crippen LogP contribution < -0.4 is 14.2 Å². The van der Waals surface area contributed by atoms with E-state index < -0.39 is 11.4 Å². The number of carbonyl (C=O) groups is 3. The molecule has 4 aromatic rings. The molecule has 0 saturated heterocycles. The molecule has 0 aromatic heterocycles. The molecule has 0 fully saturated rings. The lowest BCUT2D eigenvalue weighted by atomic mass is 9.80. The summed E-state index contributed by atoms with van der Waals surface area (Å²) in [6.45, 7) is 8.70. The normalized spacial score (nSPS) is 11.2. The van der Waals surface area contributed by atoms with Gasteiger partial charge in [-0.15, -0.1) is 0 Å². The molecular weight excluding hydrogens is 620 g/mol. The van der Waals surface area contributed by atoms with E-state index in [2.05, 4.69) is 6.07 Å². The van der Waals surface area contributed by atoms with Gasteiger partial charge < -0.3 is 23.7 Å². The van der Waals surface area contributed by atoms with E-state index in [0.29, 0.717) is 41.2 Å². The number of hydrogen-bond acceptors (Lipinski definition) is 8. The average Bonchev–Trinajstić information content (AvgIpc) is 3.12. The van der Waals surface area contributed by atoms with E-state index in [9.17, 15) is 14.4 Å². The van der Waals surface area contributed by atoms with Gasteiger partial charge in [0.25, 0.3) is 0 Å². The van der Waals surface area contributed by atoms with E-state index in [1.165, 1.54) is 20.3 Å². The lowest BCUT2D eigenvalue weighted by Gasteiger charge is -2.24. The third kappa shape index (κ3) is 10.3. The van der Waals surface area contributed by atoms with Crippen LogP contribution in [0.1, 0.15) is 64.1 Å². The fourth-order valence-electron chi connectivity index (χ4n) is 5.21. The number of hydrogen-bond donors (Lipinski definition) is 0. The van der Waals surface area contributed by atoms with Crippen LogP contribution in [0.25, 0.3) is 17.2 Å². The van der Waals surface area contributed by atoms with Crippen molar-refractivity contribution in [3.63, 3.8) is 0 Å². The van der Waals surface area contributed by atoms with Crippen molar-refractivity contribution in [3.8, 4) is 28.4 Å². The zero-order valence-electron chi connectivity index (χ0n) is 29.0. The number of benzene rings is 4. The second-order valence-corrected chi connectivity index (χ2v) is 12.3. The lowest BCUT2D eigenvalue weighted by molar-refractivity contribution is -0.138. The zero-order chi connectivity index (χ0) is 35.4. The minimum absolute atomic E-state index is 0.0186. The number of aryl methyl sites for hydroxylation is 2. The van der Waals surface area contributed by atoms with Gasteiger partial charge in [-0.2, -0.15) is 0 Å². The molecule has 0 aliphatic heterocycles. The molecule has 0 spiro atoms. The Labute approximate surface area is 288 Å². The first kappa shape index (κ1) is 36.5. The minimum atomic E-state index is -0.622. The second-order valence-electron chi connectivity index (χ2n) is 12.3. The summed E-state index contributed by atoms with van der Waals surface area (Å²) in [6.07, 6.45) is 4.32. The molecule has 0 amide bonds. The molecule has 0 heterocycles. The van der Waals surface area contributed by atoms with Crippen molar-refractivity contribution in [2.24, 2.45) is 5.41 Å². The highest BCUT2D eigenvalue weighted by Gasteiger charge is 2.30. The molecule has 256 valence electrons. The predicted molar refractivity (Wildman–Crippen MR) is 190 cm³/mol. The molecule has 0 saturated carbocycles. The number of methoxy groups -OCH3 is 2. The third-order valence-corrected chi connectivity index (χ3v) is 8.13. The summed E-state index contributed by atoms with van der Waals surface area (Å²) in [5.74, 6) is 1.04. The first-order valence-electron chi connectivity index (χ1n) is 16.2. The molecule has 4 aromatic carbocycles. The van der Waals surface area contributed by atoms with Gasteiger partial charge >= 0.3 is 11.9 Å². The van der Waals surface area contributed by atoms with E-state index in [0.717, 1.165) is 34.4 Å². The van der Waals surface area contributed by atoms with Gasteiger partial charge in [-0.05, 0) is 103 Å². The molecule has 8 nitrogen and oxygen atoms in total. The Hall–Kier alpha value is -5.37. The van der Waals surface area contributed by atoms with Crippen LogP contribution >= 0.6 is 0 Å². The fraction of sp³-hybridized carbons (Fsp3) is 0.293. The van der Waals surface area contributed by atoms with Crippen molar-refractivity contribution >= 4 is 23.8 Å². The van der Waals surface area contributed by atoms with Crippen LogP contribution in [0.15, 0.2) is 91.0 Å². The molecule has 0 aliphatic rings. The molecule has 0 N–H and O–H groups in total. The topological polar surface area (TPSA) is 97.4 Å². The summed E-state index contributed by atoms with van der Waals surface area (Å²) in [4.78, 5) is 37.5. The van der Waals surface area contributed by atoms with Crippen LogP contribution in [0, 0.1) is 19.3 Å². The molecule has 0 unspecified atom stereocenters. The van der Waals surface area contributed by atoms with Crippen molar-refractivity contribution in [3.05, 3.63) is 119 Å². The minimum Gasteiger partial charge on any atom is -0.496 e. The molecule has 8 heteroatoms. The van der Waals surface area contributed by atoms with E-state index in [-0.39, 0.29) is 25.0 Å². The fourth-order valence-corrected chi connectivity index (χ4v) is 5.21. The van der Waals surface area contributed by atoms with Crippen molar-refractivity contribution in [2.45, 2.75) is 40.5 Å². The maximum atomic E-state index is 13.5.